The first kappa shape index (κ1) is 15.2. The molecule has 0 aliphatic heterocycles. The average molecular weight is 315 g/mol. The zero-order valence-electron chi connectivity index (χ0n) is 7.98. The lowest BCUT2D eigenvalue weighted by Gasteiger charge is -2.14. The number of rotatable bonds is 3. The Kier molecular flexibility index (Phi) is 5.71. The summed E-state index contributed by atoms with van der Waals surface area (Å²) in [5.41, 5.74) is 5.09. The van der Waals surface area contributed by atoms with Gasteiger partial charge in [-0.2, -0.15) is 0 Å². The fourth-order valence-electron chi connectivity index (χ4n) is 1.22. The highest BCUT2D eigenvalue weighted by Crippen LogP contribution is 2.34. The predicted octanol–water partition coefficient (Wildman–Crippen LogP) is 2.24. The van der Waals surface area contributed by atoms with E-state index in [4.69, 9.17) is 10.8 Å². The van der Waals surface area contributed by atoms with Gasteiger partial charge in [-0.3, -0.25) is 0 Å². The van der Waals surface area contributed by atoms with Crippen molar-refractivity contribution < 1.29 is 19.4 Å². The summed E-state index contributed by atoms with van der Waals surface area (Å²) in [6, 6.07) is 1.48. The molecular formula is C9H10BrClFNO3. The molecule has 0 bridgehead atoms. The maximum atomic E-state index is 12.4. The van der Waals surface area contributed by atoms with Crippen molar-refractivity contribution in [2.75, 3.05) is 6.67 Å². The average Bonchev–Trinajstić information content (AvgIpc) is 2.20. The molecule has 0 saturated carbocycles. The molecule has 1 atom stereocenters. The summed E-state index contributed by atoms with van der Waals surface area (Å²) < 4.78 is 12.7. The Morgan fingerprint density at radius 2 is 2.12 bits per heavy atom. The smallest absolute Gasteiger partial charge is 0.336 e. The zero-order valence-corrected chi connectivity index (χ0v) is 10.4. The molecule has 4 N–H and O–H groups in total. The Labute approximate surface area is 106 Å². The third kappa shape index (κ3) is 2.84. The first-order valence-electron chi connectivity index (χ1n) is 4.05. The van der Waals surface area contributed by atoms with Crippen molar-refractivity contribution in [1.82, 2.24) is 0 Å². The minimum absolute atomic E-state index is 0. The molecule has 0 aromatic heterocycles. The Balaban J connectivity index is 0.00000225. The monoisotopic (exact) mass is 313 g/mol. The van der Waals surface area contributed by atoms with Crippen molar-refractivity contribution in [2.24, 2.45) is 5.73 Å². The van der Waals surface area contributed by atoms with E-state index in [0.717, 1.165) is 0 Å². The SMILES string of the molecule is Cl.N[C@H](CF)c1c(C(=O)O)ccc(Br)c1O. The van der Waals surface area contributed by atoms with Gasteiger partial charge in [0.05, 0.1) is 16.1 Å². The lowest BCUT2D eigenvalue weighted by Crippen LogP contribution is -2.17. The minimum Gasteiger partial charge on any atom is -0.506 e. The van der Waals surface area contributed by atoms with Crippen LogP contribution in [0.1, 0.15) is 22.0 Å². The van der Waals surface area contributed by atoms with E-state index in [1.807, 2.05) is 0 Å². The van der Waals surface area contributed by atoms with E-state index in [1.165, 1.54) is 12.1 Å². The normalized spacial score (nSPS) is 11.7. The van der Waals surface area contributed by atoms with Crippen LogP contribution in [0.25, 0.3) is 0 Å². The molecule has 16 heavy (non-hydrogen) atoms. The van der Waals surface area contributed by atoms with Gasteiger partial charge in [-0.1, -0.05) is 0 Å². The van der Waals surface area contributed by atoms with Gasteiger partial charge in [0.2, 0.25) is 0 Å². The number of carboxylic acid groups (broad SMARTS) is 1. The second-order valence-corrected chi connectivity index (χ2v) is 3.78. The fraction of sp³-hybridized carbons (Fsp3) is 0.222. The molecule has 0 spiro atoms. The molecule has 0 heterocycles. The first-order valence-corrected chi connectivity index (χ1v) is 4.84. The van der Waals surface area contributed by atoms with E-state index >= 15 is 0 Å². The van der Waals surface area contributed by atoms with E-state index in [1.54, 1.807) is 0 Å². The summed E-state index contributed by atoms with van der Waals surface area (Å²) in [4.78, 5) is 10.8. The van der Waals surface area contributed by atoms with Crippen molar-refractivity contribution in [1.29, 1.82) is 0 Å². The zero-order chi connectivity index (χ0) is 11.6. The van der Waals surface area contributed by atoms with Gasteiger partial charge in [-0.05, 0) is 28.1 Å². The number of aromatic carboxylic acids is 1. The molecule has 90 valence electrons. The van der Waals surface area contributed by atoms with Crippen LogP contribution in [0.5, 0.6) is 5.75 Å². The fourth-order valence-corrected chi connectivity index (χ4v) is 1.57. The van der Waals surface area contributed by atoms with Gasteiger partial charge in [0.15, 0.2) is 0 Å². The van der Waals surface area contributed by atoms with Crippen LogP contribution >= 0.6 is 28.3 Å². The van der Waals surface area contributed by atoms with Gasteiger partial charge >= 0.3 is 5.97 Å². The van der Waals surface area contributed by atoms with Crippen LogP contribution in [0, 0.1) is 0 Å². The van der Waals surface area contributed by atoms with Crippen molar-refractivity contribution in [2.45, 2.75) is 6.04 Å². The minimum atomic E-state index is -1.25. The number of nitrogens with two attached hydrogens (primary N) is 1. The van der Waals surface area contributed by atoms with E-state index in [-0.39, 0.29) is 33.8 Å². The largest absolute Gasteiger partial charge is 0.506 e. The molecule has 1 aromatic carbocycles. The third-order valence-corrected chi connectivity index (χ3v) is 2.58. The molecule has 0 amide bonds. The van der Waals surface area contributed by atoms with E-state index in [2.05, 4.69) is 15.9 Å². The highest BCUT2D eigenvalue weighted by atomic mass is 79.9. The highest BCUT2D eigenvalue weighted by Gasteiger charge is 2.21. The number of hydrogen-bond donors (Lipinski definition) is 3. The summed E-state index contributed by atoms with van der Waals surface area (Å²) in [5, 5.41) is 18.4. The summed E-state index contributed by atoms with van der Waals surface area (Å²) in [5.74, 6) is -1.59. The van der Waals surface area contributed by atoms with Gasteiger partial charge in [-0.15, -0.1) is 12.4 Å². The number of carbonyl (C=O) groups is 1. The first-order chi connectivity index (χ1) is 6.99. The van der Waals surface area contributed by atoms with Crippen LogP contribution in [0.4, 0.5) is 4.39 Å². The van der Waals surface area contributed by atoms with Crippen molar-refractivity contribution in [3.63, 3.8) is 0 Å². The summed E-state index contributed by atoms with van der Waals surface area (Å²) >= 11 is 3.01. The Bertz CT molecular complexity index is 403. The second-order valence-electron chi connectivity index (χ2n) is 2.92. The molecule has 0 aliphatic rings. The number of carboxylic acids is 1. The molecule has 0 saturated heterocycles. The maximum Gasteiger partial charge on any atom is 0.336 e. The number of aromatic hydroxyl groups is 1. The maximum absolute atomic E-state index is 12.4. The van der Waals surface area contributed by atoms with Gasteiger partial charge in [0.25, 0.3) is 0 Å². The summed E-state index contributed by atoms with van der Waals surface area (Å²) in [6.07, 6.45) is 0. The molecule has 7 heteroatoms. The van der Waals surface area contributed by atoms with Crippen LogP contribution < -0.4 is 5.73 Å². The van der Waals surface area contributed by atoms with E-state index in [0.29, 0.717) is 0 Å². The van der Waals surface area contributed by atoms with Crippen LogP contribution in [0.3, 0.4) is 0 Å². The summed E-state index contributed by atoms with van der Waals surface area (Å²) in [7, 11) is 0. The van der Waals surface area contributed by atoms with Crippen molar-refractivity contribution in [3.8, 4) is 5.75 Å². The summed E-state index contributed by atoms with van der Waals surface area (Å²) in [6.45, 7) is -0.940. The number of alkyl halides is 1. The van der Waals surface area contributed by atoms with Crippen LogP contribution in [0.2, 0.25) is 0 Å². The highest BCUT2D eigenvalue weighted by molar-refractivity contribution is 9.10. The predicted molar refractivity (Wildman–Crippen MR) is 62.9 cm³/mol. The number of hydrogen-bond acceptors (Lipinski definition) is 3. The Morgan fingerprint density at radius 3 is 2.56 bits per heavy atom. The quantitative estimate of drug-likeness (QED) is 0.799. The molecular weight excluding hydrogens is 304 g/mol. The van der Waals surface area contributed by atoms with Gasteiger partial charge < -0.3 is 15.9 Å². The van der Waals surface area contributed by atoms with Crippen LogP contribution in [0.15, 0.2) is 16.6 Å². The third-order valence-electron chi connectivity index (χ3n) is 1.94. The Morgan fingerprint density at radius 1 is 1.56 bits per heavy atom. The van der Waals surface area contributed by atoms with Crippen LogP contribution in [-0.4, -0.2) is 22.9 Å². The number of benzene rings is 1. The standard InChI is InChI=1S/C9H9BrFNO3.ClH/c10-5-2-1-4(9(14)15)7(8(5)13)6(12)3-11;/h1-2,6,13H,3,12H2,(H,14,15);1H/t6-;/m1./s1. The molecule has 0 radical (unpaired) electrons. The molecule has 4 nitrogen and oxygen atoms in total. The lowest BCUT2D eigenvalue weighted by atomic mass is 10.0. The van der Waals surface area contributed by atoms with Crippen LogP contribution in [-0.2, 0) is 0 Å². The molecule has 0 aliphatic carbocycles. The molecule has 0 fully saturated rings. The van der Waals surface area contributed by atoms with Gasteiger partial charge in [0.1, 0.15) is 12.4 Å². The lowest BCUT2D eigenvalue weighted by molar-refractivity contribution is 0.0694. The van der Waals surface area contributed by atoms with Gasteiger partial charge in [-0.25, -0.2) is 9.18 Å². The number of halogens is 3. The second kappa shape index (κ2) is 6.03. The molecule has 1 aromatic rings. The van der Waals surface area contributed by atoms with E-state index in [9.17, 15) is 14.3 Å². The number of phenols is 1. The van der Waals surface area contributed by atoms with Crippen molar-refractivity contribution in [3.05, 3.63) is 27.7 Å². The molecule has 0 unspecified atom stereocenters. The number of phenolic OH excluding ortho intramolecular Hbond substituents is 1. The van der Waals surface area contributed by atoms with Crippen molar-refractivity contribution >= 4 is 34.3 Å². The Hall–Kier alpha value is -0.850. The molecule has 1 rings (SSSR count). The van der Waals surface area contributed by atoms with Gasteiger partial charge in [0, 0.05) is 5.56 Å². The topological polar surface area (TPSA) is 83.6 Å². The van der Waals surface area contributed by atoms with E-state index < -0.39 is 18.7 Å².